The molecule has 3 saturated heterocycles. The summed E-state index contributed by atoms with van der Waals surface area (Å²) in [6, 6.07) is -6.61. The fraction of sp³-hybridized carbons (Fsp3) is 0.673. The summed E-state index contributed by atoms with van der Waals surface area (Å²) in [5, 5.41) is 110. The number of hydrogen-bond donors (Lipinski definition) is 14. The quantitative estimate of drug-likeness (QED) is 0.0531. The fourth-order valence-corrected chi connectivity index (χ4v) is 9.39. The second kappa shape index (κ2) is 30.3. The van der Waals surface area contributed by atoms with Crippen LogP contribution in [0.2, 0.25) is 0 Å². The Kier molecular flexibility index (Phi) is 25.0. The number of aliphatic hydroxyl groups is 8. The van der Waals surface area contributed by atoms with Crippen molar-refractivity contribution in [3.63, 3.8) is 0 Å². The van der Waals surface area contributed by atoms with Gasteiger partial charge in [0.2, 0.25) is 41.4 Å². The summed E-state index contributed by atoms with van der Waals surface area (Å²) < 4.78 is 0. The fourth-order valence-electron chi connectivity index (χ4n) is 9.39. The highest BCUT2D eigenvalue weighted by Gasteiger charge is 2.50. The maximum absolute atomic E-state index is 14.3. The number of hydrogen-bond acceptors (Lipinski definition) is 16. The van der Waals surface area contributed by atoms with Crippen LogP contribution in [-0.4, -0.2) is 189 Å². The Morgan fingerprint density at radius 3 is 1.85 bits per heavy atom. The van der Waals surface area contributed by atoms with Crippen molar-refractivity contribution in [2.75, 3.05) is 13.1 Å². The summed E-state index contributed by atoms with van der Waals surface area (Å²) in [7, 11) is 0. The molecule has 0 spiro atoms. The van der Waals surface area contributed by atoms with E-state index in [1.54, 1.807) is 0 Å². The molecule has 420 valence electrons. The third-order valence-corrected chi connectivity index (χ3v) is 13.9. The van der Waals surface area contributed by atoms with Crippen molar-refractivity contribution in [3.05, 3.63) is 54.1 Å². The van der Waals surface area contributed by atoms with Gasteiger partial charge in [0.25, 0.3) is 0 Å². The maximum atomic E-state index is 14.3. The predicted molar refractivity (Wildman–Crippen MR) is 271 cm³/mol. The van der Waals surface area contributed by atoms with Gasteiger partial charge < -0.3 is 82.3 Å². The molecule has 1 unspecified atom stereocenters. The Morgan fingerprint density at radius 1 is 0.680 bits per heavy atom. The van der Waals surface area contributed by atoms with Gasteiger partial charge in [-0.15, -0.1) is 0 Å². The third kappa shape index (κ3) is 18.0. The van der Waals surface area contributed by atoms with E-state index < -0.39 is 152 Å². The Bertz CT molecular complexity index is 2110. The SMILES string of the molecule is CCCCC/C=C\C/C=C\CCCCCCCC(=O)N[C@H]1C[C@@H](O)[C@@H](O)NC(=O)[C@@H]2[C@@H](O)[C@@H](C)CN2C(=O)[C@H]([C@@H](C)O)NC(=O)[C@H]([C@@H](O)[C@@H](O)c2ccc(O)cc2)NC(=O)[C@@H]2C[C@@H](O)CN2C(=O)C([C@@H](C)O)NC1=O. The number of aromatic hydroxyl groups is 1. The molecular weight excluding hydrogens is 979 g/mol. The van der Waals surface area contributed by atoms with Crippen molar-refractivity contribution >= 4 is 41.4 Å². The van der Waals surface area contributed by atoms with Crippen molar-refractivity contribution < 1.29 is 79.5 Å². The highest BCUT2D eigenvalue weighted by Crippen LogP contribution is 2.28. The summed E-state index contributed by atoms with van der Waals surface area (Å²) in [6.45, 7) is 4.97. The first-order valence-corrected chi connectivity index (χ1v) is 26.2. The van der Waals surface area contributed by atoms with Gasteiger partial charge in [0, 0.05) is 38.3 Å². The monoisotopic (exact) mass is 1060 g/mol. The number of amides is 7. The zero-order chi connectivity index (χ0) is 55.5. The molecule has 15 atom stereocenters. The third-order valence-electron chi connectivity index (χ3n) is 13.9. The number of allylic oxidation sites excluding steroid dienone is 4. The van der Waals surface area contributed by atoms with E-state index in [-0.39, 0.29) is 24.3 Å². The van der Waals surface area contributed by atoms with Crippen LogP contribution in [0.5, 0.6) is 5.75 Å². The van der Waals surface area contributed by atoms with Crippen LogP contribution in [0.25, 0.3) is 0 Å². The van der Waals surface area contributed by atoms with Crippen molar-refractivity contribution in [2.45, 2.75) is 203 Å². The number of nitrogens with zero attached hydrogens (tertiary/aromatic N) is 2. The van der Waals surface area contributed by atoms with E-state index in [9.17, 15) is 79.5 Å². The smallest absolute Gasteiger partial charge is 0.248 e. The van der Waals surface area contributed by atoms with Crippen LogP contribution in [0, 0.1) is 5.92 Å². The van der Waals surface area contributed by atoms with Crippen LogP contribution in [0.15, 0.2) is 48.6 Å². The van der Waals surface area contributed by atoms with Crippen LogP contribution in [0.4, 0.5) is 0 Å². The van der Waals surface area contributed by atoms with E-state index >= 15 is 0 Å². The first kappa shape index (κ1) is 62.0. The minimum Gasteiger partial charge on any atom is -0.508 e. The Morgan fingerprint density at radius 2 is 1.24 bits per heavy atom. The summed E-state index contributed by atoms with van der Waals surface area (Å²) in [4.78, 5) is 100. The van der Waals surface area contributed by atoms with Gasteiger partial charge >= 0.3 is 0 Å². The number of carbonyl (C=O) groups is 7. The molecule has 14 N–H and O–H groups in total. The standard InChI is InChI=1S/C52H81N7O16/c1-5-6-7-8-9-10-11-12-13-14-15-16-17-18-19-20-38(65)53-35-26-37(64)48(71)57-50(73)42-43(66)29(2)27-59(42)52(75)40(31(4)61)55-49(72)41(45(68)44(67)32-21-23-33(62)24-22-32)56-47(70)36-25-34(63)28-58(36)51(74)39(30(3)60)54-46(35)69/h9-10,12-13,21-24,29-31,34-37,39-45,48,60-64,66-68,71H,5-8,11,14-20,25-28H2,1-4H3,(H,53,65)(H,54,69)(H,55,72)(H,56,70)(H,57,73)/b10-9-,13-12-/t29-,30+,31+,34+,35-,36-,37+,39?,40-,41-,42-,43-,44-,45+,48+/m0/s1. The molecule has 1 aromatic carbocycles. The molecular formula is C52H81N7O16. The molecule has 4 rings (SSSR count). The van der Waals surface area contributed by atoms with E-state index in [1.165, 1.54) is 38.3 Å². The second-order valence-electron chi connectivity index (χ2n) is 20.1. The Hall–Kier alpha value is -5.53. The maximum Gasteiger partial charge on any atom is 0.248 e. The van der Waals surface area contributed by atoms with Crippen molar-refractivity contribution in [3.8, 4) is 5.75 Å². The molecule has 0 aliphatic carbocycles. The number of phenolic OH excluding ortho intramolecular Hbond substituents is 1. The zero-order valence-electron chi connectivity index (χ0n) is 43.4. The van der Waals surface area contributed by atoms with Crippen LogP contribution in [-0.2, 0) is 33.6 Å². The Labute approximate surface area is 437 Å². The topological polar surface area (TPSA) is 368 Å². The molecule has 7 amide bonds. The Balaban J connectivity index is 1.62. The zero-order valence-corrected chi connectivity index (χ0v) is 43.4. The molecule has 3 aliphatic heterocycles. The molecule has 23 heteroatoms. The predicted octanol–water partition coefficient (Wildman–Crippen LogP) is -1.33. The molecule has 0 saturated carbocycles. The van der Waals surface area contributed by atoms with Gasteiger partial charge in [0.1, 0.15) is 60.3 Å². The minimum atomic E-state index is -2.27. The van der Waals surface area contributed by atoms with E-state index in [4.69, 9.17) is 0 Å². The van der Waals surface area contributed by atoms with E-state index in [0.717, 1.165) is 74.3 Å². The van der Waals surface area contributed by atoms with Crippen molar-refractivity contribution in [1.82, 2.24) is 36.4 Å². The molecule has 3 fully saturated rings. The molecule has 23 nitrogen and oxygen atoms in total. The van der Waals surface area contributed by atoms with Gasteiger partial charge in [0.15, 0.2) is 6.23 Å². The van der Waals surface area contributed by atoms with Gasteiger partial charge in [-0.25, -0.2) is 0 Å². The van der Waals surface area contributed by atoms with Crippen molar-refractivity contribution in [1.29, 1.82) is 0 Å². The van der Waals surface area contributed by atoms with Gasteiger partial charge in [-0.2, -0.15) is 0 Å². The first-order valence-electron chi connectivity index (χ1n) is 26.2. The molecule has 0 radical (unpaired) electrons. The van der Waals surface area contributed by atoms with Gasteiger partial charge in [0.05, 0.1) is 24.4 Å². The van der Waals surface area contributed by atoms with Gasteiger partial charge in [-0.05, 0) is 70.1 Å². The van der Waals surface area contributed by atoms with Crippen LogP contribution in [0.1, 0.15) is 129 Å². The summed E-state index contributed by atoms with van der Waals surface area (Å²) >= 11 is 0. The first-order chi connectivity index (χ1) is 35.6. The summed E-state index contributed by atoms with van der Waals surface area (Å²) in [6.07, 6.45) is 2.50. The van der Waals surface area contributed by atoms with E-state index in [0.29, 0.717) is 12.8 Å². The number of rotatable bonds is 20. The van der Waals surface area contributed by atoms with E-state index in [1.807, 2.05) is 0 Å². The molecule has 1 aromatic rings. The van der Waals surface area contributed by atoms with Crippen LogP contribution < -0.4 is 26.6 Å². The minimum absolute atomic E-state index is 0.0614. The molecule has 0 aromatic heterocycles. The number of carbonyl (C=O) groups excluding carboxylic acids is 7. The second-order valence-corrected chi connectivity index (χ2v) is 20.1. The summed E-state index contributed by atoms with van der Waals surface area (Å²) in [5.41, 5.74) is -0.0614. The molecule has 0 bridgehead atoms. The number of fused-ring (bicyclic) bond motifs is 2. The van der Waals surface area contributed by atoms with E-state index in [2.05, 4.69) is 57.8 Å². The van der Waals surface area contributed by atoms with Crippen molar-refractivity contribution in [2.24, 2.45) is 5.92 Å². The average Bonchev–Trinajstić information content (AvgIpc) is 3.91. The number of nitrogens with one attached hydrogen (secondary N) is 5. The molecule has 3 heterocycles. The number of phenols is 1. The lowest BCUT2D eigenvalue weighted by molar-refractivity contribution is -0.148. The number of benzene rings is 1. The normalized spacial score (nSPS) is 29.4. The largest absolute Gasteiger partial charge is 0.508 e. The number of unbranched alkanes of at least 4 members (excludes halogenated alkanes) is 8. The number of aliphatic hydroxyl groups excluding tert-OH is 8. The summed E-state index contributed by atoms with van der Waals surface area (Å²) in [5.74, 6) is -8.97. The average molecular weight is 1060 g/mol. The van der Waals surface area contributed by atoms with Crippen LogP contribution >= 0.6 is 0 Å². The van der Waals surface area contributed by atoms with Gasteiger partial charge in [-0.3, -0.25) is 33.6 Å². The highest BCUT2D eigenvalue weighted by molar-refractivity contribution is 5.98. The lowest BCUT2D eigenvalue weighted by atomic mass is 9.96. The van der Waals surface area contributed by atoms with Crippen LogP contribution in [0.3, 0.4) is 0 Å². The lowest BCUT2D eigenvalue weighted by Gasteiger charge is -2.34. The molecule has 3 aliphatic rings. The van der Waals surface area contributed by atoms with Gasteiger partial charge in [-0.1, -0.05) is 82.4 Å². The highest BCUT2D eigenvalue weighted by atomic mass is 16.3. The molecule has 75 heavy (non-hydrogen) atoms. The lowest BCUT2D eigenvalue weighted by Crippen LogP contribution is -2.64.